The van der Waals surface area contributed by atoms with Crippen LogP contribution in [0.5, 0.6) is 0 Å². The Morgan fingerprint density at radius 2 is 2.14 bits per heavy atom. The molecule has 0 spiro atoms. The van der Waals surface area contributed by atoms with Gasteiger partial charge in [-0.3, -0.25) is 19.9 Å². The summed E-state index contributed by atoms with van der Waals surface area (Å²) in [5, 5.41) is 13.4. The quantitative estimate of drug-likeness (QED) is 0.492. The van der Waals surface area contributed by atoms with Gasteiger partial charge < -0.3 is 11.1 Å². The number of aromatic nitrogens is 1. The highest BCUT2D eigenvalue weighted by Gasteiger charge is 2.14. The first kappa shape index (κ1) is 14.4. The van der Waals surface area contributed by atoms with Gasteiger partial charge in [-0.05, 0) is 24.3 Å². The zero-order valence-corrected chi connectivity index (χ0v) is 11.2. The summed E-state index contributed by atoms with van der Waals surface area (Å²) in [6, 6.07) is 9.47. The van der Waals surface area contributed by atoms with E-state index >= 15 is 0 Å². The zero-order valence-electron chi connectivity index (χ0n) is 11.2. The van der Waals surface area contributed by atoms with Crippen LogP contribution in [0.25, 0.3) is 0 Å². The van der Waals surface area contributed by atoms with Crippen LogP contribution < -0.4 is 11.1 Å². The molecule has 0 bridgehead atoms. The van der Waals surface area contributed by atoms with Gasteiger partial charge in [0.2, 0.25) is 0 Å². The van der Waals surface area contributed by atoms with Crippen molar-refractivity contribution in [3.8, 4) is 0 Å². The van der Waals surface area contributed by atoms with Gasteiger partial charge in [0, 0.05) is 36.5 Å². The van der Waals surface area contributed by atoms with Crippen LogP contribution in [-0.4, -0.2) is 22.4 Å². The molecule has 2 rings (SSSR count). The van der Waals surface area contributed by atoms with Gasteiger partial charge in [0.1, 0.15) is 5.69 Å². The molecule has 0 saturated heterocycles. The molecule has 0 radical (unpaired) electrons. The second-order valence-electron chi connectivity index (χ2n) is 4.36. The summed E-state index contributed by atoms with van der Waals surface area (Å²) in [5.41, 5.74) is 6.48. The number of benzene rings is 1. The predicted molar refractivity (Wildman–Crippen MR) is 77.8 cm³/mol. The van der Waals surface area contributed by atoms with Crippen molar-refractivity contribution in [2.75, 3.05) is 12.3 Å². The third-order valence-corrected chi connectivity index (χ3v) is 2.88. The number of nitro benzene ring substituents is 1. The van der Waals surface area contributed by atoms with Crippen molar-refractivity contribution in [2.24, 2.45) is 0 Å². The van der Waals surface area contributed by atoms with Crippen LogP contribution in [0.2, 0.25) is 0 Å². The molecule has 1 aromatic carbocycles. The van der Waals surface area contributed by atoms with Crippen molar-refractivity contribution in [1.29, 1.82) is 0 Å². The number of nitrogen functional groups attached to an aromatic ring is 1. The molecule has 2 aromatic rings. The first-order chi connectivity index (χ1) is 10.1. The van der Waals surface area contributed by atoms with Crippen molar-refractivity contribution in [3.05, 3.63) is 64.0 Å². The number of nitro groups is 1. The molecular formula is C14H14N4O3. The zero-order chi connectivity index (χ0) is 15.2. The van der Waals surface area contributed by atoms with Gasteiger partial charge in [-0.1, -0.05) is 6.07 Å². The van der Waals surface area contributed by atoms with Crippen molar-refractivity contribution in [2.45, 2.75) is 6.42 Å². The smallest absolute Gasteiger partial charge is 0.292 e. The Kier molecular flexibility index (Phi) is 4.45. The average molecular weight is 286 g/mol. The van der Waals surface area contributed by atoms with Crippen LogP contribution in [0.15, 0.2) is 42.6 Å². The van der Waals surface area contributed by atoms with E-state index < -0.39 is 4.92 Å². The summed E-state index contributed by atoms with van der Waals surface area (Å²) in [6.07, 6.45) is 2.29. The lowest BCUT2D eigenvalue weighted by Gasteiger charge is -2.06. The maximum atomic E-state index is 11.9. The van der Waals surface area contributed by atoms with E-state index in [2.05, 4.69) is 10.3 Å². The largest absolute Gasteiger partial charge is 0.393 e. The molecule has 3 N–H and O–H groups in total. The molecule has 1 aromatic heterocycles. The van der Waals surface area contributed by atoms with E-state index in [0.717, 1.165) is 5.69 Å². The van der Waals surface area contributed by atoms with E-state index in [0.29, 0.717) is 18.5 Å². The Labute approximate surface area is 121 Å². The van der Waals surface area contributed by atoms with Gasteiger partial charge in [0.15, 0.2) is 0 Å². The monoisotopic (exact) mass is 286 g/mol. The number of carbonyl (C=O) groups excluding carboxylic acids is 1. The first-order valence-electron chi connectivity index (χ1n) is 6.30. The standard InChI is InChI=1S/C14H14N4O3/c15-12-9-10(4-5-13(12)18(20)21)14(19)17-8-6-11-3-1-2-7-16-11/h1-5,7,9H,6,8,15H2,(H,17,19). The molecule has 0 saturated carbocycles. The molecule has 0 unspecified atom stereocenters. The third-order valence-electron chi connectivity index (χ3n) is 2.88. The normalized spacial score (nSPS) is 10.1. The van der Waals surface area contributed by atoms with Crippen LogP contribution in [0.1, 0.15) is 16.1 Å². The van der Waals surface area contributed by atoms with E-state index in [9.17, 15) is 14.9 Å². The molecule has 0 fully saturated rings. The predicted octanol–water partition coefficient (Wildman–Crippen LogP) is 1.54. The highest BCUT2D eigenvalue weighted by Crippen LogP contribution is 2.21. The molecule has 108 valence electrons. The Morgan fingerprint density at radius 3 is 2.76 bits per heavy atom. The number of amides is 1. The summed E-state index contributed by atoms with van der Waals surface area (Å²) >= 11 is 0. The lowest BCUT2D eigenvalue weighted by Crippen LogP contribution is -2.26. The number of anilines is 1. The second kappa shape index (κ2) is 6.47. The van der Waals surface area contributed by atoms with E-state index in [1.807, 2.05) is 18.2 Å². The minimum Gasteiger partial charge on any atom is -0.393 e. The Hall–Kier alpha value is -2.96. The van der Waals surface area contributed by atoms with Gasteiger partial charge in [-0.25, -0.2) is 0 Å². The Morgan fingerprint density at radius 1 is 1.33 bits per heavy atom. The summed E-state index contributed by atoms with van der Waals surface area (Å²) in [7, 11) is 0. The number of carbonyl (C=O) groups is 1. The molecular weight excluding hydrogens is 272 g/mol. The van der Waals surface area contributed by atoms with Crippen LogP contribution in [0.4, 0.5) is 11.4 Å². The van der Waals surface area contributed by atoms with E-state index in [1.165, 1.54) is 18.2 Å². The maximum absolute atomic E-state index is 11.9. The number of nitrogens with one attached hydrogen (secondary N) is 1. The summed E-state index contributed by atoms with van der Waals surface area (Å²) in [6.45, 7) is 0.423. The third kappa shape index (κ3) is 3.75. The molecule has 7 heteroatoms. The van der Waals surface area contributed by atoms with E-state index in [1.54, 1.807) is 6.20 Å². The number of rotatable bonds is 5. The van der Waals surface area contributed by atoms with Crippen LogP contribution in [0.3, 0.4) is 0 Å². The number of nitrogens with zero attached hydrogens (tertiary/aromatic N) is 2. The van der Waals surface area contributed by atoms with Crippen molar-refractivity contribution in [3.63, 3.8) is 0 Å². The average Bonchev–Trinajstić information content (AvgIpc) is 2.47. The van der Waals surface area contributed by atoms with Crippen molar-refractivity contribution in [1.82, 2.24) is 10.3 Å². The molecule has 1 heterocycles. The van der Waals surface area contributed by atoms with Gasteiger partial charge in [0.25, 0.3) is 11.6 Å². The van der Waals surface area contributed by atoms with Gasteiger partial charge in [0.05, 0.1) is 4.92 Å². The number of hydrogen-bond acceptors (Lipinski definition) is 5. The minimum atomic E-state index is -0.585. The van der Waals surface area contributed by atoms with Crippen LogP contribution >= 0.6 is 0 Å². The van der Waals surface area contributed by atoms with Crippen LogP contribution in [0, 0.1) is 10.1 Å². The fraction of sp³-hybridized carbons (Fsp3) is 0.143. The van der Waals surface area contributed by atoms with Crippen LogP contribution in [-0.2, 0) is 6.42 Å². The van der Waals surface area contributed by atoms with E-state index in [4.69, 9.17) is 5.73 Å². The number of hydrogen-bond donors (Lipinski definition) is 2. The lowest BCUT2D eigenvalue weighted by molar-refractivity contribution is -0.383. The maximum Gasteiger partial charge on any atom is 0.292 e. The highest BCUT2D eigenvalue weighted by atomic mass is 16.6. The minimum absolute atomic E-state index is 0.0302. The number of pyridine rings is 1. The van der Waals surface area contributed by atoms with Crippen molar-refractivity contribution < 1.29 is 9.72 Å². The molecule has 0 aliphatic heterocycles. The summed E-state index contributed by atoms with van der Waals surface area (Å²) in [5.74, 6) is -0.326. The fourth-order valence-electron chi connectivity index (χ4n) is 1.81. The Bertz CT molecular complexity index is 659. The topological polar surface area (TPSA) is 111 Å². The SMILES string of the molecule is Nc1cc(C(=O)NCCc2ccccn2)ccc1[N+](=O)[O-]. The van der Waals surface area contributed by atoms with Gasteiger partial charge in [-0.15, -0.1) is 0 Å². The second-order valence-corrected chi connectivity index (χ2v) is 4.36. The summed E-state index contributed by atoms with van der Waals surface area (Å²) < 4.78 is 0. The molecule has 1 amide bonds. The molecule has 7 nitrogen and oxygen atoms in total. The van der Waals surface area contributed by atoms with Gasteiger partial charge >= 0.3 is 0 Å². The van der Waals surface area contributed by atoms with Crippen molar-refractivity contribution >= 4 is 17.3 Å². The van der Waals surface area contributed by atoms with E-state index in [-0.39, 0.29) is 17.3 Å². The molecule has 21 heavy (non-hydrogen) atoms. The molecule has 0 aliphatic rings. The fourth-order valence-corrected chi connectivity index (χ4v) is 1.81. The molecule has 0 atom stereocenters. The Balaban J connectivity index is 1.94. The first-order valence-corrected chi connectivity index (χ1v) is 6.30. The highest BCUT2D eigenvalue weighted by molar-refractivity contribution is 5.95. The lowest BCUT2D eigenvalue weighted by atomic mass is 10.1. The molecule has 0 aliphatic carbocycles. The summed E-state index contributed by atoms with van der Waals surface area (Å²) in [4.78, 5) is 26.1. The van der Waals surface area contributed by atoms with Gasteiger partial charge in [-0.2, -0.15) is 0 Å². The number of nitrogens with two attached hydrogens (primary N) is 1.